The fourth-order valence-corrected chi connectivity index (χ4v) is 3.57. The largest absolute Gasteiger partial charge is 0.495 e. The molecule has 0 saturated carbocycles. The molecule has 0 bridgehead atoms. The second-order valence-corrected chi connectivity index (χ2v) is 7.72. The van der Waals surface area contributed by atoms with Gasteiger partial charge in [-0.3, -0.25) is 14.5 Å². The highest BCUT2D eigenvalue weighted by Gasteiger charge is 2.28. The zero-order valence-corrected chi connectivity index (χ0v) is 17.8. The zero-order chi connectivity index (χ0) is 21.0. The summed E-state index contributed by atoms with van der Waals surface area (Å²) in [7, 11) is 1.54. The maximum atomic E-state index is 12.7. The van der Waals surface area contributed by atoms with E-state index in [1.165, 1.54) is 0 Å². The Kier molecular flexibility index (Phi) is 7.00. The molecule has 1 heterocycles. The smallest absolute Gasteiger partial charge is 0.253 e. The number of nitrogens with zero attached hydrogens (tertiary/aromatic N) is 2. The number of anilines is 1. The van der Waals surface area contributed by atoms with Crippen molar-refractivity contribution in [3.63, 3.8) is 0 Å². The van der Waals surface area contributed by atoms with Crippen LogP contribution in [0.5, 0.6) is 5.75 Å². The lowest BCUT2D eigenvalue weighted by Gasteiger charge is -2.37. The van der Waals surface area contributed by atoms with Crippen LogP contribution in [0, 0.1) is 0 Å². The number of carbonyl (C=O) groups is 2. The van der Waals surface area contributed by atoms with Gasteiger partial charge in [0.1, 0.15) is 5.75 Å². The van der Waals surface area contributed by atoms with Crippen LogP contribution in [0.2, 0.25) is 10.0 Å². The molecule has 2 aromatic carbocycles. The van der Waals surface area contributed by atoms with E-state index in [2.05, 4.69) is 10.2 Å². The van der Waals surface area contributed by atoms with Crippen molar-refractivity contribution in [3.8, 4) is 5.75 Å². The van der Waals surface area contributed by atoms with Gasteiger partial charge in [0.05, 0.1) is 18.8 Å². The number of nitrogens with one attached hydrogen (secondary N) is 1. The van der Waals surface area contributed by atoms with Crippen molar-refractivity contribution in [1.82, 2.24) is 9.80 Å². The van der Waals surface area contributed by atoms with Gasteiger partial charge in [-0.25, -0.2) is 0 Å². The van der Waals surface area contributed by atoms with Crippen LogP contribution in [0.1, 0.15) is 17.3 Å². The van der Waals surface area contributed by atoms with Gasteiger partial charge in [-0.1, -0.05) is 23.2 Å². The van der Waals surface area contributed by atoms with E-state index in [1.807, 2.05) is 6.92 Å². The van der Waals surface area contributed by atoms with Gasteiger partial charge < -0.3 is 15.0 Å². The number of amides is 2. The van der Waals surface area contributed by atoms with Crippen molar-refractivity contribution >= 4 is 40.7 Å². The summed E-state index contributed by atoms with van der Waals surface area (Å²) in [5.74, 6) is 0.374. The zero-order valence-electron chi connectivity index (χ0n) is 16.3. The SMILES string of the molecule is COc1ccc(Cl)cc1NC(=O)C(C)N1CCN(C(=O)c2ccc(Cl)cc2)CC1. The Morgan fingerprint density at radius 3 is 2.24 bits per heavy atom. The highest BCUT2D eigenvalue weighted by Crippen LogP contribution is 2.28. The van der Waals surface area contributed by atoms with Crippen molar-refractivity contribution in [1.29, 1.82) is 0 Å². The standard InChI is InChI=1S/C21H23Cl2N3O3/c1-14(20(27)24-18-13-17(23)7-8-19(18)29-2)25-9-11-26(12-10-25)21(28)15-3-5-16(22)6-4-15/h3-8,13-14H,9-12H2,1-2H3,(H,24,27). The number of rotatable bonds is 5. The van der Waals surface area contributed by atoms with Crippen LogP contribution < -0.4 is 10.1 Å². The Morgan fingerprint density at radius 2 is 1.62 bits per heavy atom. The Labute approximate surface area is 180 Å². The van der Waals surface area contributed by atoms with E-state index in [0.717, 1.165) is 0 Å². The predicted octanol–water partition coefficient (Wildman–Crippen LogP) is 3.79. The minimum atomic E-state index is -0.355. The van der Waals surface area contributed by atoms with Gasteiger partial charge in [-0.15, -0.1) is 0 Å². The molecule has 0 radical (unpaired) electrons. The lowest BCUT2D eigenvalue weighted by molar-refractivity contribution is -0.121. The monoisotopic (exact) mass is 435 g/mol. The van der Waals surface area contributed by atoms with Crippen molar-refractivity contribution in [3.05, 3.63) is 58.1 Å². The fourth-order valence-electron chi connectivity index (χ4n) is 3.27. The van der Waals surface area contributed by atoms with Crippen LogP contribution in [0.15, 0.2) is 42.5 Å². The molecule has 0 aromatic heterocycles. The summed E-state index contributed by atoms with van der Waals surface area (Å²) in [4.78, 5) is 29.2. The summed E-state index contributed by atoms with van der Waals surface area (Å²) in [5, 5.41) is 4.00. The van der Waals surface area contributed by atoms with E-state index < -0.39 is 0 Å². The molecule has 1 fully saturated rings. The number of methoxy groups -OCH3 is 1. The van der Waals surface area contributed by atoms with E-state index in [0.29, 0.717) is 53.2 Å². The van der Waals surface area contributed by atoms with Crippen LogP contribution in [0.4, 0.5) is 5.69 Å². The molecular formula is C21H23Cl2N3O3. The van der Waals surface area contributed by atoms with Gasteiger partial charge in [0.2, 0.25) is 5.91 Å². The Hall–Kier alpha value is -2.28. The first-order chi connectivity index (χ1) is 13.9. The molecule has 0 spiro atoms. The molecule has 1 N–H and O–H groups in total. The highest BCUT2D eigenvalue weighted by molar-refractivity contribution is 6.31. The molecule has 1 aliphatic rings. The molecule has 1 atom stereocenters. The van der Waals surface area contributed by atoms with Gasteiger partial charge in [0.25, 0.3) is 5.91 Å². The molecule has 1 unspecified atom stereocenters. The number of hydrogen-bond acceptors (Lipinski definition) is 4. The van der Waals surface area contributed by atoms with Crippen molar-refractivity contribution < 1.29 is 14.3 Å². The van der Waals surface area contributed by atoms with Gasteiger partial charge in [-0.2, -0.15) is 0 Å². The van der Waals surface area contributed by atoms with Gasteiger partial charge in [0.15, 0.2) is 0 Å². The van der Waals surface area contributed by atoms with Crippen LogP contribution >= 0.6 is 23.2 Å². The third-order valence-electron chi connectivity index (χ3n) is 5.04. The first kappa shape index (κ1) is 21.4. The average Bonchev–Trinajstić information content (AvgIpc) is 2.73. The van der Waals surface area contributed by atoms with E-state index in [9.17, 15) is 9.59 Å². The third-order valence-corrected chi connectivity index (χ3v) is 5.53. The predicted molar refractivity (Wildman–Crippen MR) is 115 cm³/mol. The molecule has 154 valence electrons. The molecule has 0 aliphatic carbocycles. The van der Waals surface area contributed by atoms with E-state index >= 15 is 0 Å². The number of halogens is 2. The number of hydrogen-bond donors (Lipinski definition) is 1. The molecule has 1 aliphatic heterocycles. The molecule has 29 heavy (non-hydrogen) atoms. The summed E-state index contributed by atoms with van der Waals surface area (Å²) in [6.07, 6.45) is 0. The quantitative estimate of drug-likeness (QED) is 0.775. The Balaban J connectivity index is 1.57. The number of carbonyl (C=O) groups excluding carboxylic acids is 2. The third kappa shape index (κ3) is 5.21. The van der Waals surface area contributed by atoms with Gasteiger partial charge in [-0.05, 0) is 49.4 Å². The average molecular weight is 436 g/mol. The number of benzene rings is 2. The van der Waals surface area contributed by atoms with Crippen molar-refractivity contribution in [2.75, 3.05) is 38.6 Å². The second kappa shape index (κ2) is 9.48. The van der Waals surface area contributed by atoms with Crippen molar-refractivity contribution in [2.45, 2.75) is 13.0 Å². The minimum absolute atomic E-state index is 0.0258. The molecule has 1 saturated heterocycles. The van der Waals surface area contributed by atoms with Crippen LogP contribution in [0.25, 0.3) is 0 Å². The maximum Gasteiger partial charge on any atom is 0.253 e. The Morgan fingerprint density at radius 1 is 1.00 bits per heavy atom. The molecule has 6 nitrogen and oxygen atoms in total. The summed E-state index contributed by atoms with van der Waals surface area (Å²) >= 11 is 11.9. The normalized spacial score (nSPS) is 15.7. The first-order valence-electron chi connectivity index (χ1n) is 9.32. The molecule has 3 rings (SSSR count). The maximum absolute atomic E-state index is 12.7. The topological polar surface area (TPSA) is 61.9 Å². The lowest BCUT2D eigenvalue weighted by Crippen LogP contribution is -2.54. The van der Waals surface area contributed by atoms with Crippen LogP contribution in [0.3, 0.4) is 0 Å². The van der Waals surface area contributed by atoms with Gasteiger partial charge >= 0.3 is 0 Å². The second-order valence-electron chi connectivity index (χ2n) is 6.84. The first-order valence-corrected chi connectivity index (χ1v) is 10.1. The summed E-state index contributed by atoms with van der Waals surface area (Å²) in [6, 6.07) is 11.6. The fraction of sp³-hybridized carbons (Fsp3) is 0.333. The number of ether oxygens (including phenoxy) is 1. The summed E-state index contributed by atoms with van der Waals surface area (Å²) in [6.45, 7) is 4.18. The van der Waals surface area contributed by atoms with Crippen LogP contribution in [-0.2, 0) is 4.79 Å². The summed E-state index contributed by atoms with van der Waals surface area (Å²) in [5.41, 5.74) is 1.15. The van der Waals surface area contributed by atoms with Gasteiger partial charge in [0, 0.05) is 41.8 Å². The van der Waals surface area contributed by atoms with Crippen molar-refractivity contribution in [2.24, 2.45) is 0 Å². The minimum Gasteiger partial charge on any atom is -0.495 e. The lowest BCUT2D eigenvalue weighted by atomic mass is 10.1. The van der Waals surface area contributed by atoms with Crippen LogP contribution in [-0.4, -0.2) is 60.9 Å². The van der Waals surface area contributed by atoms with E-state index in [4.69, 9.17) is 27.9 Å². The molecule has 2 aromatic rings. The highest BCUT2D eigenvalue weighted by atomic mass is 35.5. The van der Waals surface area contributed by atoms with E-state index in [1.54, 1.807) is 54.5 Å². The summed E-state index contributed by atoms with van der Waals surface area (Å²) < 4.78 is 5.28. The molecular weight excluding hydrogens is 413 g/mol. The van der Waals surface area contributed by atoms with E-state index in [-0.39, 0.29) is 17.9 Å². The number of piperazine rings is 1. The molecule has 8 heteroatoms. The Bertz CT molecular complexity index is 881. The molecule has 2 amide bonds.